The Morgan fingerprint density at radius 3 is 3.00 bits per heavy atom. The van der Waals surface area contributed by atoms with Gasteiger partial charge in [0.05, 0.1) is 23.6 Å². The second-order valence-electron chi connectivity index (χ2n) is 6.80. The van der Waals surface area contributed by atoms with Gasteiger partial charge in [-0.3, -0.25) is 9.59 Å². The van der Waals surface area contributed by atoms with Gasteiger partial charge in [0.2, 0.25) is 11.8 Å². The Labute approximate surface area is 151 Å². The number of halogens is 1. The van der Waals surface area contributed by atoms with Crippen molar-refractivity contribution in [2.45, 2.75) is 38.1 Å². The van der Waals surface area contributed by atoms with Gasteiger partial charge in [-0.25, -0.2) is 4.98 Å². The normalized spacial score (nSPS) is 21.3. The van der Waals surface area contributed by atoms with Crippen molar-refractivity contribution in [3.05, 3.63) is 29.0 Å². The molecule has 0 radical (unpaired) electrons. The molecule has 2 aliphatic rings. The van der Waals surface area contributed by atoms with Gasteiger partial charge in [-0.15, -0.1) is 0 Å². The summed E-state index contributed by atoms with van der Waals surface area (Å²) in [4.78, 5) is 36.3. The van der Waals surface area contributed by atoms with Crippen LogP contribution in [-0.2, 0) is 9.59 Å². The van der Waals surface area contributed by atoms with Gasteiger partial charge in [0, 0.05) is 24.5 Å². The number of H-pyrrole nitrogens is 1. The first-order chi connectivity index (χ1) is 12.1. The van der Waals surface area contributed by atoms with Gasteiger partial charge in [-0.1, -0.05) is 11.6 Å². The maximum absolute atomic E-state index is 12.8. The van der Waals surface area contributed by atoms with Gasteiger partial charge in [-0.2, -0.15) is 0 Å². The van der Waals surface area contributed by atoms with Crippen LogP contribution in [0.2, 0.25) is 5.02 Å². The van der Waals surface area contributed by atoms with Gasteiger partial charge in [0.15, 0.2) is 0 Å². The average Bonchev–Trinajstić information content (AvgIpc) is 3.22. The van der Waals surface area contributed by atoms with Gasteiger partial charge in [0.25, 0.3) is 0 Å². The quantitative estimate of drug-likeness (QED) is 0.915. The lowest BCUT2D eigenvalue weighted by molar-refractivity contribution is -0.142. The molecule has 7 heteroatoms. The lowest BCUT2D eigenvalue weighted by Gasteiger charge is -2.30. The smallest absolute Gasteiger partial charge is 0.242 e. The number of aromatic amines is 1. The average molecular weight is 361 g/mol. The number of benzene rings is 1. The van der Waals surface area contributed by atoms with E-state index in [1.807, 2.05) is 23.1 Å². The molecule has 1 aromatic heterocycles. The van der Waals surface area contributed by atoms with Gasteiger partial charge < -0.3 is 14.8 Å². The van der Waals surface area contributed by atoms with E-state index in [4.69, 9.17) is 11.6 Å². The summed E-state index contributed by atoms with van der Waals surface area (Å²) in [7, 11) is 0. The number of hydrogen-bond donors (Lipinski definition) is 1. The molecule has 6 nitrogen and oxygen atoms in total. The summed E-state index contributed by atoms with van der Waals surface area (Å²) in [6, 6.07) is 5.48. The third-order valence-corrected chi connectivity index (χ3v) is 5.33. The predicted octanol–water partition coefficient (Wildman–Crippen LogP) is 2.89. The molecular formula is C18H21ClN4O2. The Morgan fingerprint density at radius 2 is 2.16 bits per heavy atom. The van der Waals surface area contributed by atoms with Crippen molar-refractivity contribution >= 4 is 34.4 Å². The molecule has 0 bridgehead atoms. The lowest BCUT2D eigenvalue weighted by atomic mass is 10.1. The Balaban J connectivity index is 1.52. The number of fused-ring (bicyclic) bond motifs is 1. The molecule has 2 aliphatic heterocycles. The second kappa shape index (κ2) is 6.67. The molecule has 2 aromatic rings. The van der Waals surface area contributed by atoms with E-state index in [1.54, 1.807) is 4.90 Å². The van der Waals surface area contributed by atoms with E-state index in [0.717, 1.165) is 42.5 Å². The molecule has 1 atom stereocenters. The van der Waals surface area contributed by atoms with Crippen LogP contribution in [0.25, 0.3) is 11.0 Å². The minimum atomic E-state index is -0.0569. The topological polar surface area (TPSA) is 69.3 Å². The SMILES string of the molecule is O=C1CCCCN1CC(=O)N1CCC[C@H]1c1nc2ccc(Cl)cc2[nH]1. The summed E-state index contributed by atoms with van der Waals surface area (Å²) >= 11 is 6.04. The fourth-order valence-electron chi connectivity index (χ4n) is 3.79. The highest BCUT2D eigenvalue weighted by molar-refractivity contribution is 6.31. The number of nitrogens with one attached hydrogen (secondary N) is 1. The Morgan fingerprint density at radius 1 is 1.28 bits per heavy atom. The summed E-state index contributed by atoms with van der Waals surface area (Å²) in [5, 5.41) is 0.658. The zero-order valence-electron chi connectivity index (χ0n) is 14.0. The van der Waals surface area contributed by atoms with Crippen LogP contribution in [0.15, 0.2) is 18.2 Å². The lowest BCUT2D eigenvalue weighted by Crippen LogP contribution is -2.44. The standard InChI is InChI=1S/C18H21ClN4O2/c19-12-6-7-13-14(10-12)21-18(20-13)15-4-3-9-23(15)17(25)11-22-8-2-1-5-16(22)24/h6-7,10,15H,1-5,8-9,11H2,(H,20,21)/t15-/m0/s1. The number of hydrogen-bond acceptors (Lipinski definition) is 3. The maximum atomic E-state index is 12.8. The van der Waals surface area contributed by atoms with Crippen LogP contribution in [0, 0.1) is 0 Å². The fraction of sp³-hybridized carbons (Fsp3) is 0.500. The molecule has 2 amide bonds. The van der Waals surface area contributed by atoms with Crippen molar-refractivity contribution in [1.29, 1.82) is 0 Å². The Hall–Kier alpha value is -2.08. The van der Waals surface area contributed by atoms with Crippen molar-refractivity contribution in [3.63, 3.8) is 0 Å². The van der Waals surface area contributed by atoms with Crippen LogP contribution >= 0.6 is 11.6 Å². The highest BCUT2D eigenvalue weighted by atomic mass is 35.5. The van der Waals surface area contributed by atoms with E-state index in [1.165, 1.54) is 0 Å². The maximum Gasteiger partial charge on any atom is 0.242 e. The van der Waals surface area contributed by atoms with Crippen LogP contribution in [-0.4, -0.2) is 51.2 Å². The summed E-state index contributed by atoms with van der Waals surface area (Å²) in [6.07, 6.45) is 4.29. The number of carbonyl (C=O) groups excluding carboxylic acids is 2. The Kier molecular flexibility index (Phi) is 4.37. The number of imidazole rings is 1. The summed E-state index contributed by atoms with van der Waals surface area (Å²) in [5.41, 5.74) is 1.73. The summed E-state index contributed by atoms with van der Waals surface area (Å²) in [6.45, 7) is 1.58. The van der Waals surface area contributed by atoms with Crippen molar-refractivity contribution < 1.29 is 9.59 Å². The minimum Gasteiger partial charge on any atom is -0.340 e. The van der Waals surface area contributed by atoms with Crippen LogP contribution in [0.5, 0.6) is 0 Å². The summed E-state index contributed by atoms with van der Waals surface area (Å²) in [5.74, 6) is 0.901. The van der Waals surface area contributed by atoms with Crippen LogP contribution < -0.4 is 0 Å². The molecule has 132 valence electrons. The Bertz CT molecular complexity index is 819. The fourth-order valence-corrected chi connectivity index (χ4v) is 3.96. The van der Waals surface area contributed by atoms with Gasteiger partial charge >= 0.3 is 0 Å². The third-order valence-electron chi connectivity index (χ3n) is 5.10. The third kappa shape index (κ3) is 3.23. The first-order valence-electron chi connectivity index (χ1n) is 8.84. The number of rotatable bonds is 3. The van der Waals surface area contributed by atoms with E-state index in [-0.39, 0.29) is 24.4 Å². The zero-order chi connectivity index (χ0) is 17.4. The number of nitrogens with zero attached hydrogens (tertiary/aromatic N) is 3. The minimum absolute atomic E-state index is 0.0104. The number of amides is 2. The number of aromatic nitrogens is 2. The van der Waals surface area contributed by atoms with Gasteiger partial charge in [-0.05, 0) is 43.9 Å². The largest absolute Gasteiger partial charge is 0.340 e. The number of likely N-dealkylation sites (tertiary alicyclic amines) is 2. The molecule has 4 rings (SSSR count). The first-order valence-corrected chi connectivity index (χ1v) is 9.22. The zero-order valence-corrected chi connectivity index (χ0v) is 14.8. The highest BCUT2D eigenvalue weighted by Gasteiger charge is 2.33. The molecule has 2 saturated heterocycles. The second-order valence-corrected chi connectivity index (χ2v) is 7.24. The van der Waals surface area contributed by atoms with E-state index >= 15 is 0 Å². The molecule has 0 unspecified atom stereocenters. The van der Waals surface area contributed by atoms with Gasteiger partial charge in [0.1, 0.15) is 5.82 Å². The first kappa shape index (κ1) is 16.4. The van der Waals surface area contributed by atoms with Crippen LogP contribution in [0.3, 0.4) is 0 Å². The molecule has 0 saturated carbocycles. The number of piperidine rings is 1. The van der Waals surface area contributed by atoms with Crippen molar-refractivity contribution in [3.8, 4) is 0 Å². The molecule has 3 heterocycles. The van der Waals surface area contributed by atoms with E-state index in [0.29, 0.717) is 24.5 Å². The predicted molar refractivity (Wildman–Crippen MR) is 95.2 cm³/mol. The van der Waals surface area contributed by atoms with Crippen LogP contribution in [0.4, 0.5) is 0 Å². The molecule has 2 fully saturated rings. The molecular weight excluding hydrogens is 340 g/mol. The highest BCUT2D eigenvalue weighted by Crippen LogP contribution is 2.32. The summed E-state index contributed by atoms with van der Waals surface area (Å²) < 4.78 is 0. The van der Waals surface area contributed by atoms with Crippen molar-refractivity contribution in [2.24, 2.45) is 0 Å². The van der Waals surface area contributed by atoms with E-state index < -0.39 is 0 Å². The van der Waals surface area contributed by atoms with Crippen molar-refractivity contribution in [1.82, 2.24) is 19.8 Å². The van der Waals surface area contributed by atoms with Crippen LogP contribution in [0.1, 0.15) is 44.0 Å². The molecule has 1 aromatic carbocycles. The molecule has 25 heavy (non-hydrogen) atoms. The van der Waals surface area contributed by atoms with Crippen molar-refractivity contribution in [2.75, 3.05) is 19.6 Å². The van der Waals surface area contributed by atoms with E-state index in [2.05, 4.69) is 9.97 Å². The monoisotopic (exact) mass is 360 g/mol. The molecule has 0 aliphatic carbocycles. The number of carbonyl (C=O) groups is 2. The molecule has 1 N–H and O–H groups in total. The molecule has 0 spiro atoms. The van der Waals surface area contributed by atoms with E-state index in [9.17, 15) is 9.59 Å².